The van der Waals surface area contributed by atoms with Crippen LogP contribution in [0, 0.1) is 5.92 Å². The van der Waals surface area contributed by atoms with E-state index in [1.54, 1.807) is 34.6 Å². The summed E-state index contributed by atoms with van der Waals surface area (Å²) in [4.78, 5) is 13.0. The zero-order chi connectivity index (χ0) is 20.0. The summed E-state index contributed by atoms with van der Waals surface area (Å²) >= 11 is 0. The average molecular weight is 413 g/mol. The van der Waals surface area contributed by atoms with Crippen LogP contribution in [0.5, 0.6) is 0 Å². The number of piperidine rings is 1. The van der Waals surface area contributed by atoms with E-state index in [1.807, 2.05) is 16.7 Å². The first-order valence-corrected chi connectivity index (χ1v) is 12.3. The van der Waals surface area contributed by atoms with Crippen molar-refractivity contribution >= 4 is 10.0 Å². The van der Waals surface area contributed by atoms with E-state index in [2.05, 4.69) is 0 Å². The van der Waals surface area contributed by atoms with Crippen molar-refractivity contribution in [2.45, 2.75) is 61.8 Å². The molecule has 0 amide bonds. The summed E-state index contributed by atoms with van der Waals surface area (Å²) < 4.78 is 30.1. The molecule has 1 saturated heterocycles. The van der Waals surface area contributed by atoms with Crippen LogP contribution in [0.1, 0.15) is 61.6 Å². The second-order valence-electron chi connectivity index (χ2n) is 8.89. The lowest BCUT2D eigenvalue weighted by Crippen LogP contribution is -2.49. The Kier molecular flexibility index (Phi) is 4.87. The molecule has 1 saturated carbocycles. The fraction of sp³-hybridized carbons (Fsp3) is 0.522. The predicted octanol–water partition coefficient (Wildman–Crippen LogP) is 3.70. The Morgan fingerprint density at radius 3 is 2.34 bits per heavy atom. The van der Waals surface area contributed by atoms with Gasteiger partial charge in [-0.3, -0.25) is 4.79 Å². The van der Waals surface area contributed by atoms with Crippen LogP contribution in [0.15, 0.2) is 52.2 Å². The zero-order valence-electron chi connectivity index (χ0n) is 16.7. The maximum Gasteiger partial charge on any atom is 0.250 e. The highest BCUT2D eigenvalue weighted by molar-refractivity contribution is 7.89. The minimum Gasteiger partial charge on any atom is -0.312 e. The van der Waals surface area contributed by atoms with Crippen LogP contribution in [-0.4, -0.2) is 30.4 Å². The van der Waals surface area contributed by atoms with E-state index in [4.69, 9.17) is 0 Å². The van der Waals surface area contributed by atoms with Gasteiger partial charge in [-0.1, -0.05) is 43.5 Å². The Morgan fingerprint density at radius 2 is 1.59 bits per heavy atom. The maximum absolute atomic E-state index is 13.2. The molecule has 5 nitrogen and oxygen atoms in total. The first-order chi connectivity index (χ1) is 14.0. The van der Waals surface area contributed by atoms with Gasteiger partial charge in [-0.25, -0.2) is 8.42 Å². The van der Waals surface area contributed by atoms with Crippen molar-refractivity contribution in [1.82, 2.24) is 8.87 Å². The van der Waals surface area contributed by atoms with Gasteiger partial charge in [0.2, 0.25) is 10.0 Å². The molecule has 2 aliphatic heterocycles. The van der Waals surface area contributed by atoms with E-state index < -0.39 is 10.0 Å². The minimum atomic E-state index is -3.51. The lowest BCUT2D eigenvalue weighted by Gasteiger charge is -2.43. The first kappa shape index (κ1) is 19.1. The molecule has 1 aromatic carbocycles. The number of sulfonamides is 1. The normalized spacial score (nSPS) is 25.5. The molecule has 1 aliphatic carbocycles. The van der Waals surface area contributed by atoms with Crippen molar-refractivity contribution in [2.75, 3.05) is 13.1 Å². The summed E-state index contributed by atoms with van der Waals surface area (Å²) in [6, 6.07) is 12.5. The maximum atomic E-state index is 13.2. The molecule has 2 bridgehead atoms. The van der Waals surface area contributed by atoms with Gasteiger partial charge in [0, 0.05) is 37.3 Å². The van der Waals surface area contributed by atoms with Gasteiger partial charge in [0.25, 0.3) is 5.56 Å². The number of fused-ring (bicyclic) bond motifs is 4. The summed E-state index contributed by atoms with van der Waals surface area (Å²) in [5.41, 5.74) is 2.48. The van der Waals surface area contributed by atoms with Crippen LogP contribution in [0.3, 0.4) is 0 Å². The number of benzene rings is 1. The SMILES string of the molecule is O=c1ccc(C2CCCCC2)c2n1C[C@@H]1C[C@@H]2CN(S(=O)(=O)c2ccccc2)C1. The number of aromatic nitrogens is 1. The van der Waals surface area contributed by atoms with Gasteiger partial charge in [-0.15, -0.1) is 0 Å². The van der Waals surface area contributed by atoms with E-state index in [-0.39, 0.29) is 17.4 Å². The Labute approximate surface area is 172 Å². The fourth-order valence-electron chi connectivity index (χ4n) is 5.70. The molecule has 3 aliphatic rings. The van der Waals surface area contributed by atoms with Crippen LogP contribution >= 0.6 is 0 Å². The van der Waals surface area contributed by atoms with Crippen molar-refractivity contribution in [1.29, 1.82) is 0 Å². The minimum absolute atomic E-state index is 0.0635. The Bertz CT molecular complexity index is 1060. The topological polar surface area (TPSA) is 59.4 Å². The van der Waals surface area contributed by atoms with E-state index in [1.165, 1.54) is 37.7 Å². The van der Waals surface area contributed by atoms with Gasteiger partial charge in [-0.05, 0) is 48.8 Å². The van der Waals surface area contributed by atoms with E-state index in [0.717, 1.165) is 12.1 Å². The second kappa shape index (κ2) is 7.40. The van der Waals surface area contributed by atoms with E-state index in [0.29, 0.717) is 30.4 Å². The van der Waals surface area contributed by atoms with Crippen molar-refractivity contribution < 1.29 is 8.42 Å². The number of hydrogen-bond donors (Lipinski definition) is 0. The lowest BCUT2D eigenvalue weighted by atomic mass is 9.77. The monoisotopic (exact) mass is 412 g/mol. The highest BCUT2D eigenvalue weighted by Crippen LogP contribution is 2.43. The molecule has 0 spiro atoms. The van der Waals surface area contributed by atoms with Crippen molar-refractivity contribution in [3.63, 3.8) is 0 Å². The largest absolute Gasteiger partial charge is 0.312 e. The van der Waals surface area contributed by atoms with Crippen LogP contribution in [0.2, 0.25) is 0 Å². The molecular weight excluding hydrogens is 384 g/mol. The molecule has 2 atom stereocenters. The number of pyridine rings is 1. The first-order valence-electron chi connectivity index (χ1n) is 10.8. The third-order valence-corrected chi connectivity index (χ3v) is 8.86. The molecule has 1 aromatic heterocycles. The highest BCUT2D eigenvalue weighted by atomic mass is 32.2. The van der Waals surface area contributed by atoms with Crippen molar-refractivity contribution in [3.05, 3.63) is 64.1 Å². The highest BCUT2D eigenvalue weighted by Gasteiger charge is 2.41. The molecule has 5 rings (SSSR count). The summed E-state index contributed by atoms with van der Waals surface area (Å²) in [6.07, 6.45) is 7.10. The van der Waals surface area contributed by atoms with Crippen molar-refractivity contribution in [3.8, 4) is 0 Å². The summed E-state index contributed by atoms with van der Waals surface area (Å²) in [5, 5.41) is 0. The van der Waals surface area contributed by atoms with Crippen LogP contribution < -0.4 is 5.56 Å². The standard InChI is InChI=1S/C23H28N2O3S/c26-22-12-11-21(18-7-3-1-4-8-18)23-19-13-17(15-25(22)23)14-24(16-19)29(27,28)20-9-5-2-6-10-20/h2,5-6,9-12,17-19H,1,3-4,7-8,13-16H2/t17-,19-/m1/s1. The number of rotatable bonds is 3. The van der Waals surface area contributed by atoms with Gasteiger partial charge < -0.3 is 4.57 Å². The van der Waals surface area contributed by atoms with Gasteiger partial charge in [0.05, 0.1) is 4.90 Å². The van der Waals surface area contributed by atoms with Gasteiger partial charge in [-0.2, -0.15) is 4.31 Å². The predicted molar refractivity (Wildman–Crippen MR) is 113 cm³/mol. The quantitative estimate of drug-likeness (QED) is 0.772. The summed E-state index contributed by atoms with van der Waals surface area (Å²) in [5.74, 6) is 0.800. The van der Waals surface area contributed by atoms with E-state index in [9.17, 15) is 13.2 Å². The fourth-order valence-corrected chi connectivity index (χ4v) is 7.28. The smallest absolute Gasteiger partial charge is 0.250 e. The third-order valence-electron chi connectivity index (χ3n) is 7.02. The van der Waals surface area contributed by atoms with Gasteiger partial charge in [0.1, 0.15) is 0 Å². The lowest BCUT2D eigenvalue weighted by molar-refractivity contribution is 0.184. The second-order valence-corrected chi connectivity index (χ2v) is 10.8. The van der Waals surface area contributed by atoms with Crippen molar-refractivity contribution in [2.24, 2.45) is 5.92 Å². The number of hydrogen-bond acceptors (Lipinski definition) is 3. The van der Waals surface area contributed by atoms with Gasteiger partial charge in [0.15, 0.2) is 0 Å². The molecule has 0 N–H and O–H groups in total. The van der Waals surface area contributed by atoms with Gasteiger partial charge >= 0.3 is 0 Å². The Morgan fingerprint density at radius 1 is 0.828 bits per heavy atom. The molecule has 154 valence electrons. The van der Waals surface area contributed by atoms with E-state index >= 15 is 0 Å². The summed E-state index contributed by atoms with van der Waals surface area (Å²) in [6.45, 7) is 1.59. The molecule has 0 radical (unpaired) electrons. The Hall–Kier alpha value is -1.92. The third kappa shape index (κ3) is 3.36. The van der Waals surface area contributed by atoms with Crippen LogP contribution in [0.25, 0.3) is 0 Å². The van der Waals surface area contributed by atoms with Crippen LogP contribution in [0.4, 0.5) is 0 Å². The molecule has 2 fully saturated rings. The molecule has 29 heavy (non-hydrogen) atoms. The average Bonchev–Trinajstić information content (AvgIpc) is 2.75. The van der Waals surface area contributed by atoms with Crippen LogP contribution in [-0.2, 0) is 16.6 Å². The number of nitrogens with zero attached hydrogens (tertiary/aromatic N) is 2. The molecule has 0 unspecified atom stereocenters. The molecule has 2 aromatic rings. The summed E-state index contributed by atoms with van der Waals surface area (Å²) in [7, 11) is -3.51. The Balaban J connectivity index is 1.53. The molecule has 6 heteroatoms. The zero-order valence-corrected chi connectivity index (χ0v) is 17.5. The molecular formula is C23H28N2O3S. The molecule has 3 heterocycles.